The van der Waals surface area contributed by atoms with Gasteiger partial charge in [-0.3, -0.25) is 0 Å². The second kappa shape index (κ2) is 10.4. The van der Waals surface area contributed by atoms with Gasteiger partial charge in [-0.05, 0) is 55.8 Å². The molecule has 0 bridgehead atoms. The van der Waals surface area contributed by atoms with Crippen LogP contribution in [0.1, 0.15) is 58.8 Å². The molecule has 2 aliphatic carbocycles. The van der Waals surface area contributed by atoms with Crippen LogP contribution in [0.4, 0.5) is 0 Å². The molecule has 2 aromatic rings. The molecule has 0 spiro atoms. The second-order valence-electron chi connectivity index (χ2n) is 8.33. The first-order valence-electron chi connectivity index (χ1n) is 10.7. The third-order valence-electron chi connectivity index (χ3n) is 6.20. The van der Waals surface area contributed by atoms with Gasteiger partial charge < -0.3 is 5.11 Å². The van der Waals surface area contributed by atoms with Crippen LogP contribution >= 0.6 is 7.92 Å². The number of aliphatic hydroxyl groups excluding tert-OH is 1. The van der Waals surface area contributed by atoms with Crippen molar-refractivity contribution in [2.45, 2.75) is 70.6 Å². The van der Waals surface area contributed by atoms with E-state index in [9.17, 15) is 5.11 Å². The molecule has 0 heterocycles. The minimum atomic E-state index is -0.384. The van der Waals surface area contributed by atoms with Crippen LogP contribution in [0.15, 0.2) is 60.7 Å². The lowest BCUT2D eigenvalue weighted by atomic mass is 10.0. The number of hydrogen-bond donors (Lipinski definition) is 1. The fraction of sp³-hybridized carbons (Fsp3) is 0.520. The van der Waals surface area contributed by atoms with Crippen LogP contribution in [-0.4, -0.2) is 16.9 Å². The van der Waals surface area contributed by atoms with Crippen molar-refractivity contribution in [3.63, 3.8) is 0 Å². The summed E-state index contributed by atoms with van der Waals surface area (Å²) < 4.78 is 0. The maximum absolute atomic E-state index is 10.2. The third-order valence-corrected chi connectivity index (χ3v) is 9.21. The van der Waals surface area contributed by atoms with E-state index >= 15 is 0 Å². The van der Waals surface area contributed by atoms with Gasteiger partial charge in [0.1, 0.15) is 0 Å². The highest BCUT2D eigenvalue weighted by Crippen LogP contribution is 2.50. The van der Waals surface area contributed by atoms with Gasteiger partial charge in [-0.2, -0.15) is 0 Å². The highest BCUT2D eigenvalue weighted by Gasteiger charge is 2.37. The first-order valence-corrected chi connectivity index (χ1v) is 12.2. The first kappa shape index (κ1) is 20.6. The van der Waals surface area contributed by atoms with Crippen LogP contribution in [-0.2, 0) is 0 Å². The molecular formula is C25H35OP. The summed E-state index contributed by atoms with van der Waals surface area (Å²) in [6.07, 6.45) is 9.40. The molecule has 2 unspecified atom stereocenters. The average molecular weight is 383 g/mol. The standard InChI is InChI=1S/C19H23OP.C6H12/c1-15(20)18-13-8-14-19(18)21(16-9-4-2-5-10-16)17-11-6-3-7-12-17;1-6-4-2-3-5-6/h2-7,9-12,15,18-20H,8,13-14H2,1H3;6H,2-5H2,1H3/t15-,18?,19?;/m1./s1. The fourth-order valence-corrected chi connectivity index (χ4v) is 7.96. The van der Waals surface area contributed by atoms with Crippen molar-refractivity contribution in [1.82, 2.24) is 0 Å². The van der Waals surface area contributed by atoms with Gasteiger partial charge in [0.25, 0.3) is 0 Å². The monoisotopic (exact) mass is 382 g/mol. The second-order valence-corrected chi connectivity index (χ2v) is 10.8. The van der Waals surface area contributed by atoms with E-state index in [1.807, 2.05) is 6.92 Å². The number of aliphatic hydroxyl groups is 1. The Kier molecular flexibility index (Phi) is 7.92. The largest absolute Gasteiger partial charge is 0.393 e. The first-order chi connectivity index (χ1) is 13.2. The predicted molar refractivity (Wildman–Crippen MR) is 120 cm³/mol. The van der Waals surface area contributed by atoms with Gasteiger partial charge in [-0.25, -0.2) is 0 Å². The quantitative estimate of drug-likeness (QED) is 0.656. The normalized spacial score (nSPS) is 23.9. The molecular weight excluding hydrogens is 347 g/mol. The smallest absolute Gasteiger partial charge is 0.0546 e. The topological polar surface area (TPSA) is 20.2 Å². The Morgan fingerprint density at radius 3 is 1.70 bits per heavy atom. The van der Waals surface area contributed by atoms with Crippen LogP contribution in [0.3, 0.4) is 0 Å². The third kappa shape index (κ3) is 5.66. The van der Waals surface area contributed by atoms with E-state index in [1.54, 1.807) is 0 Å². The molecule has 3 atom stereocenters. The van der Waals surface area contributed by atoms with Crippen LogP contribution in [0.2, 0.25) is 0 Å². The summed E-state index contributed by atoms with van der Waals surface area (Å²) in [4.78, 5) is 0. The van der Waals surface area contributed by atoms with Crippen molar-refractivity contribution in [1.29, 1.82) is 0 Å². The van der Waals surface area contributed by atoms with Gasteiger partial charge in [0.2, 0.25) is 0 Å². The lowest BCUT2D eigenvalue weighted by Gasteiger charge is -2.31. The van der Waals surface area contributed by atoms with Crippen molar-refractivity contribution in [2.24, 2.45) is 11.8 Å². The number of benzene rings is 2. The number of rotatable bonds is 4. The lowest BCUT2D eigenvalue weighted by molar-refractivity contribution is 0.131. The van der Waals surface area contributed by atoms with E-state index in [4.69, 9.17) is 0 Å². The van der Waals surface area contributed by atoms with Crippen molar-refractivity contribution in [2.75, 3.05) is 0 Å². The van der Waals surface area contributed by atoms with Gasteiger partial charge in [0.15, 0.2) is 0 Å². The molecule has 2 saturated carbocycles. The van der Waals surface area contributed by atoms with Crippen molar-refractivity contribution in [3.05, 3.63) is 60.7 Å². The maximum Gasteiger partial charge on any atom is 0.0546 e. The average Bonchev–Trinajstić information content (AvgIpc) is 3.36. The Bertz CT molecular complexity index is 609. The highest BCUT2D eigenvalue weighted by atomic mass is 31.1. The van der Waals surface area contributed by atoms with Gasteiger partial charge in [-0.15, -0.1) is 0 Å². The van der Waals surface area contributed by atoms with Crippen LogP contribution in [0.25, 0.3) is 0 Å². The van der Waals surface area contributed by atoms with Gasteiger partial charge in [-0.1, -0.05) is 99.7 Å². The minimum Gasteiger partial charge on any atom is -0.393 e. The van der Waals surface area contributed by atoms with E-state index in [0.29, 0.717) is 11.6 Å². The van der Waals surface area contributed by atoms with Crippen LogP contribution in [0, 0.1) is 11.8 Å². The maximum atomic E-state index is 10.2. The molecule has 2 aliphatic rings. The lowest BCUT2D eigenvalue weighted by Crippen LogP contribution is -2.30. The van der Waals surface area contributed by atoms with Gasteiger partial charge in [0, 0.05) is 0 Å². The molecule has 1 N–H and O–H groups in total. The zero-order valence-corrected chi connectivity index (χ0v) is 17.8. The zero-order chi connectivity index (χ0) is 19.1. The Morgan fingerprint density at radius 1 is 0.778 bits per heavy atom. The molecule has 0 aromatic heterocycles. The van der Waals surface area contributed by atoms with E-state index in [1.165, 1.54) is 55.6 Å². The van der Waals surface area contributed by atoms with Crippen molar-refractivity contribution < 1.29 is 5.11 Å². The highest BCUT2D eigenvalue weighted by molar-refractivity contribution is 7.73. The van der Waals surface area contributed by atoms with Gasteiger partial charge >= 0.3 is 0 Å². The Hall–Kier alpha value is -1.17. The molecule has 2 aromatic carbocycles. The van der Waals surface area contributed by atoms with Crippen LogP contribution in [0.5, 0.6) is 0 Å². The van der Waals surface area contributed by atoms with E-state index in [-0.39, 0.29) is 14.0 Å². The summed E-state index contributed by atoms with van der Waals surface area (Å²) >= 11 is 0. The Balaban J connectivity index is 0.000000299. The molecule has 0 radical (unpaired) electrons. The van der Waals surface area contributed by atoms with Crippen molar-refractivity contribution >= 4 is 18.5 Å². The van der Waals surface area contributed by atoms with Crippen LogP contribution < -0.4 is 10.6 Å². The Morgan fingerprint density at radius 2 is 1.30 bits per heavy atom. The molecule has 2 heteroatoms. The Labute approximate surface area is 167 Å². The molecule has 0 amide bonds. The summed E-state index contributed by atoms with van der Waals surface area (Å²) in [5.74, 6) is 1.49. The summed E-state index contributed by atoms with van der Waals surface area (Å²) in [5, 5.41) is 13.1. The SMILES string of the molecule is CC1CCCC1.C[C@@H](O)C1CCCC1P(c1ccccc1)c1ccccc1. The summed E-state index contributed by atoms with van der Waals surface area (Å²) in [5.41, 5.74) is 0.602. The zero-order valence-electron chi connectivity index (χ0n) is 16.9. The summed E-state index contributed by atoms with van der Waals surface area (Å²) in [7, 11) is -0.384. The van der Waals surface area contributed by atoms with E-state index in [2.05, 4.69) is 67.6 Å². The molecule has 0 aliphatic heterocycles. The van der Waals surface area contributed by atoms with Gasteiger partial charge in [0.05, 0.1) is 6.10 Å². The predicted octanol–water partition coefficient (Wildman–Crippen LogP) is 5.87. The van der Waals surface area contributed by atoms with Crippen molar-refractivity contribution in [3.8, 4) is 0 Å². The summed E-state index contributed by atoms with van der Waals surface area (Å²) in [6.45, 7) is 4.31. The fourth-order valence-electron chi connectivity index (χ4n) is 4.69. The summed E-state index contributed by atoms with van der Waals surface area (Å²) in [6, 6.07) is 21.8. The molecule has 27 heavy (non-hydrogen) atoms. The molecule has 146 valence electrons. The molecule has 0 saturated heterocycles. The molecule has 2 fully saturated rings. The van der Waals surface area contributed by atoms with E-state index in [0.717, 1.165) is 5.92 Å². The molecule has 4 rings (SSSR count). The minimum absolute atomic E-state index is 0.199. The number of hydrogen-bond acceptors (Lipinski definition) is 1. The molecule has 1 nitrogen and oxygen atoms in total. The van der Waals surface area contributed by atoms with E-state index < -0.39 is 0 Å².